The molecule has 144 valence electrons. The molecule has 1 heterocycles. The Hall–Kier alpha value is -2.64. The van der Waals surface area contributed by atoms with Gasteiger partial charge in [-0.1, -0.05) is 54.6 Å². The number of hydrogen-bond donors (Lipinski definition) is 1. The van der Waals surface area contributed by atoms with Gasteiger partial charge in [0, 0.05) is 17.2 Å². The number of aryl methyl sites for hydroxylation is 1. The number of aromatic nitrogens is 3. The lowest BCUT2D eigenvalue weighted by Gasteiger charge is -2.04. The van der Waals surface area contributed by atoms with Crippen LogP contribution >= 0.6 is 23.4 Å². The summed E-state index contributed by atoms with van der Waals surface area (Å²) in [6, 6.07) is 14.2. The molecule has 1 N–H and O–H groups in total. The number of hydrogen-bond acceptors (Lipinski definition) is 5. The third-order valence-electron chi connectivity index (χ3n) is 3.91. The highest BCUT2D eigenvalue weighted by atomic mass is 35.5. The van der Waals surface area contributed by atoms with Crippen molar-refractivity contribution in [2.75, 3.05) is 0 Å². The van der Waals surface area contributed by atoms with Crippen molar-refractivity contribution in [1.82, 2.24) is 14.9 Å². The van der Waals surface area contributed by atoms with Gasteiger partial charge in [-0.2, -0.15) is 9.78 Å². The monoisotopic (exact) mass is 414 g/mol. The normalized spacial score (nSPS) is 11.2. The fraction of sp³-hybridized carbons (Fsp3) is 0.200. The van der Waals surface area contributed by atoms with Crippen molar-refractivity contribution in [3.63, 3.8) is 0 Å². The van der Waals surface area contributed by atoms with Crippen LogP contribution in [0.1, 0.15) is 40.7 Å². The zero-order chi connectivity index (χ0) is 19.9. The summed E-state index contributed by atoms with van der Waals surface area (Å²) in [4.78, 5) is 11.0. The summed E-state index contributed by atoms with van der Waals surface area (Å²) < 4.78 is 1.75. The fourth-order valence-corrected chi connectivity index (χ4v) is 3.43. The van der Waals surface area contributed by atoms with Gasteiger partial charge < -0.3 is 5.11 Å². The number of halogens is 1. The second-order valence-corrected chi connectivity index (χ2v) is 7.43. The first kappa shape index (κ1) is 20.1. The molecule has 28 heavy (non-hydrogen) atoms. The van der Waals surface area contributed by atoms with Crippen LogP contribution in [-0.2, 0) is 12.2 Å². The Morgan fingerprint density at radius 1 is 1.18 bits per heavy atom. The van der Waals surface area contributed by atoms with Gasteiger partial charge in [-0.3, -0.25) is 0 Å². The smallest absolute Gasteiger partial charge is 0.335 e. The lowest BCUT2D eigenvalue weighted by molar-refractivity contribution is 0.0697. The predicted octanol–water partition coefficient (Wildman–Crippen LogP) is 4.76. The highest BCUT2D eigenvalue weighted by molar-refractivity contribution is 7.98. The summed E-state index contributed by atoms with van der Waals surface area (Å²) >= 11 is 7.48. The summed E-state index contributed by atoms with van der Waals surface area (Å²) in [7, 11) is 0. The Morgan fingerprint density at radius 2 is 1.89 bits per heavy atom. The van der Waals surface area contributed by atoms with Crippen LogP contribution < -0.4 is 0 Å². The maximum absolute atomic E-state index is 11.0. The first-order chi connectivity index (χ1) is 13.6. The van der Waals surface area contributed by atoms with Gasteiger partial charge in [-0.05, 0) is 41.8 Å². The number of rotatable bonds is 8. The highest BCUT2D eigenvalue weighted by Gasteiger charge is 2.11. The predicted molar refractivity (Wildman–Crippen MR) is 111 cm³/mol. The lowest BCUT2D eigenvalue weighted by atomic mass is 10.1. The van der Waals surface area contributed by atoms with E-state index in [9.17, 15) is 4.79 Å². The zero-order valence-corrected chi connectivity index (χ0v) is 16.8. The largest absolute Gasteiger partial charge is 0.478 e. The fourth-order valence-electron chi connectivity index (χ4n) is 2.45. The standard InChI is InChI=1S/C20H19ClN4O2S/c1-2-3-18-23-24-20(28-13-15-6-10-17(21)11-7-15)25(18)22-12-14-4-8-16(9-5-14)19(26)27/h4-12H,2-3,13H2,1H3,(H,26,27)/b22-12+. The Bertz CT molecular complexity index is 969. The van der Waals surface area contributed by atoms with Gasteiger partial charge in [0.2, 0.25) is 5.16 Å². The molecule has 0 spiro atoms. The average Bonchev–Trinajstić information content (AvgIpc) is 3.08. The molecule has 0 unspecified atom stereocenters. The van der Waals surface area contributed by atoms with Crippen molar-refractivity contribution in [3.8, 4) is 0 Å². The van der Waals surface area contributed by atoms with Crippen molar-refractivity contribution < 1.29 is 9.90 Å². The average molecular weight is 415 g/mol. The number of carboxylic acid groups (broad SMARTS) is 1. The molecule has 0 aliphatic carbocycles. The van der Waals surface area contributed by atoms with Crippen LogP contribution in [0.25, 0.3) is 0 Å². The maximum Gasteiger partial charge on any atom is 0.335 e. The number of benzene rings is 2. The second-order valence-electron chi connectivity index (χ2n) is 6.05. The molecule has 0 fully saturated rings. The van der Waals surface area contributed by atoms with E-state index in [0.29, 0.717) is 10.2 Å². The van der Waals surface area contributed by atoms with Crippen LogP contribution in [0.4, 0.5) is 0 Å². The molecule has 0 aliphatic heterocycles. The molecule has 3 rings (SSSR count). The van der Waals surface area contributed by atoms with E-state index in [1.165, 1.54) is 0 Å². The number of thioether (sulfide) groups is 1. The van der Waals surface area contributed by atoms with Gasteiger partial charge in [0.05, 0.1) is 11.8 Å². The molecule has 0 aliphatic rings. The van der Waals surface area contributed by atoms with Crippen LogP contribution in [-0.4, -0.2) is 32.2 Å². The minimum atomic E-state index is -0.951. The SMILES string of the molecule is CCCc1nnc(SCc2ccc(Cl)cc2)n1/N=C/c1ccc(C(=O)O)cc1. The molecule has 0 atom stereocenters. The van der Waals surface area contributed by atoms with Gasteiger partial charge >= 0.3 is 5.97 Å². The van der Waals surface area contributed by atoms with Crippen molar-refractivity contribution in [2.45, 2.75) is 30.7 Å². The number of aromatic carboxylic acids is 1. The molecule has 0 saturated heterocycles. The molecule has 3 aromatic rings. The minimum absolute atomic E-state index is 0.243. The van der Waals surface area contributed by atoms with Gasteiger partial charge in [0.25, 0.3) is 0 Å². The lowest BCUT2D eigenvalue weighted by Crippen LogP contribution is -2.01. The summed E-state index contributed by atoms with van der Waals surface area (Å²) in [5, 5.41) is 23.5. The quantitative estimate of drug-likeness (QED) is 0.424. The van der Waals surface area contributed by atoms with Gasteiger partial charge in [0.1, 0.15) is 0 Å². The minimum Gasteiger partial charge on any atom is -0.478 e. The molecule has 0 radical (unpaired) electrons. The summed E-state index contributed by atoms with van der Waals surface area (Å²) in [6.45, 7) is 2.08. The van der Waals surface area contributed by atoms with Crippen LogP contribution in [0.2, 0.25) is 5.02 Å². The van der Waals surface area contributed by atoms with E-state index < -0.39 is 5.97 Å². The summed E-state index contributed by atoms with van der Waals surface area (Å²) in [5.74, 6) is 0.567. The third kappa shape index (κ3) is 5.21. The number of carboxylic acids is 1. The van der Waals surface area contributed by atoms with Crippen molar-refractivity contribution >= 4 is 35.5 Å². The molecule has 2 aromatic carbocycles. The molecular formula is C20H19ClN4O2S. The van der Waals surface area contributed by atoms with Crippen LogP contribution in [0, 0.1) is 0 Å². The number of carbonyl (C=O) groups is 1. The Labute approximate surface area is 172 Å². The summed E-state index contributed by atoms with van der Waals surface area (Å²) in [5.41, 5.74) is 2.18. The van der Waals surface area contributed by atoms with Crippen molar-refractivity contribution in [3.05, 3.63) is 76.1 Å². The molecule has 0 amide bonds. The molecule has 1 aromatic heterocycles. The van der Waals surface area contributed by atoms with E-state index in [2.05, 4.69) is 22.2 Å². The van der Waals surface area contributed by atoms with Gasteiger partial charge in [0.15, 0.2) is 5.82 Å². The van der Waals surface area contributed by atoms with E-state index in [1.807, 2.05) is 24.3 Å². The third-order valence-corrected chi connectivity index (χ3v) is 5.15. The number of nitrogens with zero attached hydrogens (tertiary/aromatic N) is 4. The second kappa shape index (κ2) is 9.52. The van der Waals surface area contributed by atoms with Gasteiger partial charge in [-0.25, -0.2) is 4.79 Å². The van der Waals surface area contributed by atoms with E-state index in [-0.39, 0.29) is 5.56 Å². The van der Waals surface area contributed by atoms with E-state index >= 15 is 0 Å². The first-order valence-electron chi connectivity index (χ1n) is 8.76. The molecular weight excluding hydrogens is 396 g/mol. The van der Waals surface area contributed by atoms with Gasteiger partial charge in [-0.15, -0.1) is 10.2 Å². The molecule has 6 nitrogen and oxygen atoms in total. The summed E-state index contributed by atoms with van der Waals surface area (Å²) in [6.07, 6.45) is 3.38. The molecule has 8 heteroatoms. The van der Waals surface area contributed by atoms with Crippen molar-refractivity contribution in [2.24, 2.45) is 5.10 Å². The van der Waals surface area contributed by atoms with E-state index in [1.54, 1.807) is 46.9 Å². The molecule has 0 bridgehead atoms. The molecule has 0 saturated carbocycles. The van der Waals surface area contributed by atoms with Crippen LogP contribution in [0.3, 0.4) is 0 Å². The van der Waals surface area contributed by atoms with Crippen molar-refractivity contribution in [1.29, 1.82) is 0 Å². The van der Waals surface area contributed by atoms with E-state index in [4.69, 9.17) is 16.7 Å². The van der Waals surface area contributed by atoms with E-state index in [0.717, 1.165) is 35.5 Å². The Balaban J connectivity index is 1.78. The zero-order valence-electron chi connectivity index (χ0n) is 15.2. The van der Waals surface area contributed by atoms with Crippen LogP contribution in [0.5, 0.6) is 0 Å². The maximum atomic E-state index is 11.0. The Kier molecular flexibility index (Phi) is 6.84. The first-order valence-corrected chi connectivity index (χ1v) is 10.1. The topological polar surface area (TPSA) is 80.4 Å². The van der Waals surface area contributed by atoms with Crippen LogP contribution in [0.15, 0.2) is 58.8 Å². The highest BCUT2D eigenvalue weighted by Crippen LogP contribution is 2.23. The Morgan fingerprint density at radius 3 is 2.54 bits per heavy atom.